The average Bonchev–Trinajstić information content (AvgIpc) is 2.52. The first-order valence-electron chi connectivity index (χ1n) is 6.88. The van der Waals surface area contributed by atoms with Gasteiger partial charge in [0.05, 0.1) is 0 Å². The lowest BCUT2D eigenvalue weighted by Gasteiger charge is -2.35. The van der Waals surface area contributed by atoms with E-state index in [9.17, 15) is 15.0 Å². The van der Waals surface area contributed by atoms with Gasteiger partial charge in [-0.2, -0.15) is 0 Å². The first-order valence-corrected chi connectivity index (χ1v) is 6.88. The van der Waals surface area contributed by atoms with E-state index in [1.54, 1.807) is 13.8 Å². The summed E-state index contributed by atoms with van der Waals surface area (Å²) in [5.74, 6) is -0.655. The molecule has 3 atom stereocenters. The summed E-state index contributed by atoms with van der Waals surface area (Å²) in [6, 6.07) is 0. The highest BCUT2D eigenvalue weighted by Gasteiger charge is 2.46. The monoisotopic (exact) mass is 242 g/mol. The molecule has 2 N–H and O–H groups in total. The van der Waals surface area contributed by atoms with Gasteiger partial charge in [-0.1, -0.05) is 46.5 Å². The smallest absolute Gasteiger partial charge is 0.336 e. The molecule has 0 spiro atoms. The Kier molecular flexibility index (Phi) is 4.99. The summed E-state index contributed by atoms with van der Waals surface area (Å²) in [5.41, 5.74) is -1.54. The van der Waals surface area contributed by atoms with Crippen molar-refractivity contribution in [3.05, 3.63) is 0 Å². The maximum absolute atomic E-state index is 11.4. The topological polar surface area (TPSA) is 57.5 Å². The molecule has 3 unspecified atom stereocenters. The van der Waals surface area contributed by atoms with Crippen molar-refractivity contribution in [3.63, 3.8) is 0 Å². The van der Waals surface area contributed by atoms with Crippen LogP contribution >= 0.6 is 0 Å². The van der Waals surface area contributed by atoms with Crippen LogP contribution in [0.1, 0.15) is 59.3 Å². The molecule has 0 heterocycles. The summed E-state index contributed by atoms with van der Waals surface area (Å²) in [5, 5.41) is 19.8. The molecule has 0 amide bonds. The van der Waals surface area contributed by atoms with Gasteiger partial charge in [-0.25, -0.2) is 4.79 Å². The first-order chi connectivity index (χ1) is 7.92. The van der Waals surface area contributed by atoms with Gasteiger partial charge < -0.3 is 10.2 Å². The fraction of sp³-hybridized carbons (Fsp3) is 0.929. The number of rotatable bonds is 4. The fourth-order valence-corrected chi connectivity index (χ4v) is 3.12. The number of hydrogen-bond donors (Lipinski definition) is 2. The number of aliphatic hydroxyl groups is 1. The molecule has 1 fully saturated rings. The SMILES string of the molecule is CCC1CCCC(C(O)(C(=O)O)C(C)C)CC1. The highest BCUT2D eigenvalue weighted by Crippen LogP contribution is 2.38. The Morgan fingerprint density at radius 3 is 2.41 bits per heavy atom. The lowest BCUT2D eigenvalue weighted by atomic mass is 9.75. The number of carbonyl (C=O) groups is 1. The van der Waals surface area contributed by atoms with Crippen molar-refractivity contribution in [3.8, 4) is 0 Å². The Morgan fingerprint density at radius 1 is 1.29 bits per heavy atom. The minimum absolute atomic E-state index is 0.0865. The maximum Gasteiger partial charge on any atom is 0.336 e. The minimum atomic E-state index is -1.54. The molecule has 17 heavy (non-hydrogen) atoms. The molecule has 0 aromatic rings. The average molecular weight is 242 g/mol. The molecule has 1 aliphatic carbocycles. The third-order valence-corrected chi connectivity index (χ3v) is 4.51. The van der Waals surface area contributed by atoms with E-state index < -0.39 is 11.6 Å². The van der Waals surface area contributed by atoms with Crippen LogP contribution in [0.2, 0.25) is 0 Å². The van der Waals surface area contributed by atoms with E-state index in [-0.39, 0.29) is 11.8 Å². The summed E-state index contributed by atoms with van der Waals surface area (Å²) in [6.45, 7) is 5.80. The van der Waals surface area contributed by atoms with Crippen LogP contribution in [0.3, 0.4) is 0 Å². The van der Waals surface area contributed by atoms with Crippen molar-refractivity contribution in [2.45, 2.75) is 64.9 Å². The molecular formula is C14H26O3. The normalized spacial score (nSPS) is 29.7. The number of hydrogen-bond acceptors (Lipinski definition) is 2. The van der Waals surface area contributed by atoms with Crippen LogP contribution in [-0.4, -0.2) is 21.8 Å². The maximum atomic E-state index is 11.4. The van der Waals surface area contributed by atoms with Crippen molar-refractivity contribution < 1.29 is 15.0 Å². The number of carboxylic acid groups (broad SMARTS) is 1. The van der Waals surface area contributed by atoms with Crippen LogP contribution in [0, 0.1) is 17.8 Å². The summed E-state index contributed by atoms with van der Waals surface area (Å²) >= 11 is 0. The van der Waals surface area contributed by atoms with Crippen molar-refractivity contribution in [2.24, 2.45) is 17.8 Å². The zero-order valence-electron chi connectivity index (χ0n) is 11.3. The summed E-state index contributed by atoms with van der Waals surface area (Å²) in [7, 11) is 0. The molecule has 0 saturated heterocycles. The van der Waals surface area contributed by atoms with E-state index in [2.05, 4.69) is 6.92 Å². The fourth-order valence-electron chi connectivity index (χ4n) is 3.12. The summed E-state index contributed by atoms with van der Waals surface area (Å²) in [4.78, 5) is 11.4. The van der Waals surface area contributed by atoms with E-state index in [4.69, 9.17) is 0 Å². The molecule has 3 nitrogen and oxygen atoms in total. The predicted octanol–water partition coefficient (Wildman–Crippen LogP) is 3.06. The molecule has 1 saturated carbocycles. The molecule has 0 aliphatic heterocycles. The third-order valence-electron chi connectivity index (χ3n) is 4.51. The predicted molar refractivity (Wildman–Crippen MR) is 67.8 cm³/mol. The molecule has 0 aromatic heterocycles. The van der Waals surface area contributed by atoms with Crippen molar-refractivity contribution in [1.29, 1.82) is 0 Å². The van der Waals surface area contributed by atoms with Gasteiger partial charge in [-0.3, -0.25) is 0 Å². The van der Waals surface area contributed by atoms with E-state index in [0.29, 0.717) is 5.92 Å². The molecular weight excluding hydrogens is 216 g/mol. The Bertz CT molecular complexity index is 262. The lowest BCUT2D eigenvalue weighted by Crippen LogP contribution is -2.50. The molecule has 1 aliphatic rings. The zero-order valence-corrected chi connectivity index (χ0v) is 11.3. The Labute approximate surface area is 104 Å². The second-order valence-electron chi connectivity index (χ2n) is 5.76. The Morgan fingerprint density at radius 2 is 1.94 bits per heavy atom. The number of aliphatic carboxylic acids is 1. The quantitative estimate of drug-likeness (QED) is 0.745. The van der Waals surface area contributed by atoms with Crippen LogP contribution in [0.25, 0.3) is 0 Å². The lowest BCUT2D eigenvalue weighted by molar-refractivity contribution is -0.172. The van der Waals surface area contributed by atoms with Crippen LogP contribution in [0.4, 0.5) is 0 Å². The second kappa shape index (κ2) is 5.85. The molecule has 100 valence electrons. The Balaban J connectivity index is 2.79. The Hall–Kier alpha value is -0.570. The van der Waals surface area contributed by atoms with Gasteiger partial charge in [0.15, 0.2) is 5.60 Å². The van der Waals surface area contributed by atoms with E-state index in [1.165, 1.54) is 12.8 Å². The van der Waals surface area contributed by atoms with E-state index >= 15 is 0 Å². The van der Waals surface area contributed by atoms with Crippen LogP contribution in [0.5, 0.6) is 0 Å². The van der Waals surface area contributed by atoms with Gasteiger partial charge in [0, 0.05) is 0 Å². The minimum Gasteiger partial charge on any atom is -0.479 e. The highest BCUT2D eigenvalue weighted by atomic mass is 16.4. The van der Waals surface area contributed by atoms with Crippen LogP contribution in [-0.2, 0) is 4.79 Å². The largest absolute Gasteiger partial charge is 0.479 e. The third kappa shape index (κ3) is 3.01. The molecule has 0 radical (unpaired) electrons. The van der Waals surface area contributed by atoms with Gasteiger partial charge >= 0.3 is 5.97 Å². The van der Waals surface area contributed by atoms with Gasteiger partial charge in [0.2, 0.25) is 0 Å². The van der Waals surface area contributed by atoms with E-state index in [0.717, 1.165) is 25.7 Å². The molecule has 3 heteroatoms. The van der Waals surface area contributed by atoms with Crippen molar-refractivity contribution in [1.82, 2.24) is 0 Å². The van der Waals surface area contributed by atoms with Crippen molar-refractivity contribution >= 4 is 5.97 Å². The highest BCUT2D eigenvalue weighted by molar-refractivity contribution is 5.77. The van der Waals surface area contributed by atoms with Gasteiger partial charge in [-0.05, 0) is 30.6 Å². The van der Waals surface area contributed by atoms with E-state index in [1.807, 2.05) is 0 Å². The standard InChI is InChI=1S/C14H26O3/c1-4-11-6-5-7-12(9-8-11)14(17,10(2)3)13(15)16/h10-12,17H,4-9H2,1-3H3,(H,15,16). The van der Waals surface area contributed by atoms with Gasteiger partial charge in [0.1, 0.15) is 0 Å². The zero-order chi connectivity index (χ0) is 13.1. The number of carboxylic acids is 1. The molecule has 0 bridgehead atoms. The van der Waals surface area contributed by atoms with Crippen LogP contribution < -0.4 is 0 Å². The molecule has 1 rings (SSSR count). The first kappa shape index (κ1) is 14.5. The summed E-state index contributed by atoms with van der Waals surface area (Å²) < 4.78 is 0. The molecule has 0 aromatic carbocycles. The van der Waals surface area contributed by atoms with Crippen molar-refractivity contribution in [2.75, 3.05) is 0 Å². The summed E-state index contributed by atoms with van der Waals surface area (Å²) in [6.07, 6.45) is 6.15. The second-order valence-corrected chi connectivity index (χ2v) is 5.76. The van der Waals surface area contributed by atoms with Gasteiger partial charge in [0.25, 0.3) is 0 Å². The van der Waals surface area contributed by atoms with Gasteiger partial charge in [-0.15, -0.1) is 0 Å². The van der Waals surface area contributed by atoms with Crippen LogP contribution in [0.15, 0.2) is 0 Å².